The highest BCUT2D eigenvalue weighted by atomic mass is 16.2. The maximum atomic E-state index is 12.1. The molecular formula is C15H25N5O. The zero-order chi connectivity index (χ0) is 14.8. The molecule has 0 aliphatic carbocycles. The van der Waals surface area contributed by atoms with Crippen molar-refractivity contribution in [2.75, 3.05) is 13.1 Å². The van der Waals surface area contributed by atoms with Crippen molar-refractivity contribution < 1.29 is 4.79 Å². The van der Waals surface area contributed by atoms with E-state index in [1.165, 1.54) is 19.3 Å². The number of nitrogens with two attached hydrogens (primary N) is 1. The zero-order valence-corrected chi connectivity index (χ0v) is 12.8. The largest absolute Gasteiger partial charge is 0.341 e. The second-order valence-electron chi connectivity index (χ2n) is 6.35. The van der Waals surface area contributed by atoms with Crippen LogP contribution in [0.4, 0.5) is 0 Å². The van der Waals surface area contributed by atoms with Gasteiger partial charge in [0.25, 0.3) is 0 Å². The molecule has 1 aromatic rings. The van der Waals surface area contributed by atoms with Crippen molar-refractivity contribution in [2.24, 2.45) is 5.73 Å². The lowest BCUT2D eigenvalue weighted by molar-refractivity contribution is -0.133. The van der Waals surface area contributed by atoms with Crippen LogP contribution in [0.15, 0.2) is 0 Å². The van der Waals surface area contributed by atoms with Gasteiger partial charge in [-0.3, -0.25) is 4.79 Å². The molecule has 0 spiro atoms. The molecule has 0 radical (unpaired) electrons. The van der Waals surface area contributed by atoms with Crippen LogP contribution in [-0.2, 0) is 17.8 Å². The molecule has 1 fully saturated rings. The van der Waals surface area contributed by atoms with Crippen LogP contribution in [0, 0.1) is 0 Å². The summed E-state index contributed by atoms with van der Waals surface area (Å²) >= 11 is 0. The number of hydrogen-bond donors (Lipinski definition) is 1. The van der Waals surface area contributed by atoms with Crippen molar-refractivity contribution in [2.45, 2.75) is 64.0 Å². The van der Waals surface area contributed by atoms with Crippen LogP contribution in [0.25, 0.3) is 0 Å². The first-order valence-electron chi connectivity index (χ1n) is 8.13. The standard InChI is InChI=1S/C15H25N5O/c1-11(16)15(21)19-8-5-6-12(10-19)14-18-17-13-7-3-2-4-9-20(13)14/h11-12H,2-10,16H2,1H3. The Hall–Kier alpha value is -1.43. The molecule has 2 aliphatic rings. The molecule has 2 atom stereocenters. The predicted molar refractivity (Wildman–Crippen MR) is 79.8 cm³/mol. The molecule has 1 amide bonds. The fourth-order valence-electron chi connectivity index (χ4n) is 3.49. The Kier molecular flexibility index (Phi) is 4.24. The Balaban J connectivity index is 1.77. The number of amides is 1. The van der Waals surface area contributed by atoms with Crippen LogP contribution in [0.2, 0.25) is 0 Å². The van der Waals surface area contributed by atoms with Gasteiger partial charge in [-0.1, -0.05) is 6.42 Å². The summed E-state index contributed by atoms with van der Waals surface area (Å²) in [6.45, 7) is 4.33. The van der Waals surface area contributed by atoms with Crippen molar-refractivity contribution in [1.29, 1.82) is 0 Å². The van der Waals surface area contributed by atoms with Gasteiger partial charge in [0.05, 0.1) is 6.04 Å². The van der Waals surface area contributed by atoms with Gasteiger partial charge in [0.2, 0.25) is 5.91 Å². The quantitative estimate of drug-likeness (QED) is 0.884. The number of aromatic nitrogens is 3. The van der Waals surface area contributed by atoms with Crippen LogP contribution in [0.3, 0.4) is 0 Å². The number of nitrogens with zero attached hydrogens (tertiary/aromatic N) is 4. The Labute approximate surface area is 125 Å². The van der Waals surface area contributed by atoms with E-state index in [9.17, 15) is 4.79 Å². The van der Waals surface area contributed by atoms with Gasteiger partial charge in [-0.25, -0.2) is 0 Å². The van der Waals surface area contributed by atoms with Gasteiger partial charge in [-0.05, 0) is 32.6 Å². The molecule has 6 nitrogen and oxygen atoms in total. The number of carbonyl (C=O) groups excluding carboxylic acids is 1. The van der Waals surface area contributed by atoms with E-state index < -0.39 is 6.04 Å². The molecule has 0 saturated carbocycles. The second-order valence-corrected chi connectivity index (χ2v) is 6.35. The molecule has 0 bridgehead atoms. The lowest BCUT2D eigenvalue weighted by Gasteiger charge is -2.33. The van der Waals surface area contributed by atoms with E-state index in [4.69, 9.17) is 5.73 Å². The summed E-state index contributed by atoms with van der Waals surface area (Å²) < 4.78 is 2.30. The molecule has 1 saturated heterocycles. The van der Waals surface area contributed by atoms with E-state index in [2.05, 4.69) is 14.8 Å². The van der Waals surface area contributed by atoms with Gasteiger partial charge >= 0.3 is 0 Å². The van der Waals surface area contributed by atoms with E-state index in [1.807, 2.05) is 4.90 Å². The average molecular weight is 291 g/mol. The summed E-state index contributed by atoms with van der Waals surface area (Å²) in [5, 5.41) is 8.83. The molecule has 3 heterocycles. The SMILES string of the molecule is CC(N)C(=O)N1CCCC(c2nnc3n2CCCCC3)C1. The third-order valence-electron chi connectivity index (χ3n) is 4.63. The minimum absolute atomic E-state index is 0.0512. The Morgan fingerprint density at radius 2 is 2.10 bits per heavy atom. The molecule has 2 aliphatic heterocycles. The summed E-state index contributed by atoms with van der Waals surface area (Å²) in [6, 6.07) is -0.417. The number of fused-ring (bicyclic) bond motifs is 1. The second kappa shape index (κ2) is 6.13. The van der Waals surface area contributed by atoms with Gasteiger partial charge in [0, 0.05) is 32.0 Å². The van der Waals surface area contributed by atoms with E-state index >= 15 is 0 Å². The minimum atomic E-state index is -0.417. The monoisotopic (exact) mass is 291 g/mol. The van der Waals surface area contributed by atoms with Gasteiger partial charge in [-0.15, -0.1) is 10.2 Å². The molecule has 0 aromatic carbocycles. The Morgan fingerprint density at radius 3 is 2.90 bits per heavy atom. The van der Waals surface area contributed by atoms with Crippen LogP contribution >= 0.6 is 0 Å². The van der Waals surface area contributed by atoms with Gasteiger partial charge in [0.1, 0.15) is 11.6 Å². The molecule has 21 heavy (non-hydrogen) atoms. The Morgan fingerprint density at radius 1 is 1.24 bits per heavy atom. The molecule has 2 N–H and O–H groups in total. The van der Waals surface area contributed by atoms with Crippen LogP contribution < -0.4 is 5.73 Å². The Bertz CT molecular complexity index is 510. The molecule has 3 rings (SSSR count). The normalized spacial score (nSPS) is 24.3. The predicted octanol–water partition coefficient (Wildman–Crippen LogP) is 1.06. The van der Waals surface area contributed by atoms with Gasteiger partial charge in [-0.2, -0.15) is 0 Å². The van der Waals surface area contributed by atoms with Crippen LogP contribution in [-0.4, -0.2) is 44.7 Å². The molecular weight excluding hydrogens is 266 g/mol. The number of hydrogen-bond acceptors (Lipinski definition) is 4. The number of likely N-dealkylation sites (tertiary alicyclic amines) is 1. The van der Waals surface area contributed by atoms with E-state index in [0.717, 1.165) is 50.5 Å². The number of aryl methyl sites for hydroxylation is 1. The first kappa shape index (κ1) is 14.5. The highest BCUT2D eigenvalue weighted by molar-refractivity contribution is 5.81. The summed E-state index contributed by atoms with van der Waals surface area (Å²) in [5.41, 5.74) is 5.74. The summed E-state index contributed by atoms with van der Waals surface area (Å²) in [7, 11) is 0. The molecule has 116 valence electrons. The van der Waals surface area contributed by atoms with Gasteiger partial charge < -0.3 is 15.2 Å². The van der Waals surface area contributed by atoms with Crippen molar-refractivity contribution >= 4 is 5.91 Å². The highest BCUT2D eigenvalue weighted by Crippen LogP contribution is 2.28. The topological polar surface area (TPSA) is 77.0 Å². The number of rotatable bonds is 2. The zero-order valence-electron chi connectivity index (χ0n) is 12.8. The summed E-state index contributed by atoms with van der Waals surface area (Å²) in [5.74, 6) is 2.56. The van der Waals surface area contributed by atoms with E-state index in [1.54, 1.807) is 6.92 Å². The lowest BCUT2D eigenvalue weighted by atomic mass is 9.96. The number of piperidine rings is 1. The average Bonchev–Trinajstić information content (AvgIpc) is 2.75. The van der Waals surface area contributed by atoms with E-state index in [-0.39, 0.29) is 5.91 Å². The van der Waals surface area contributed by atoms with Crippen molar-refractivity contribution in [1.82, 2.24) is 19.7 Å². The van der Waals surface area contributed by atoms with Gasteiger partial charge in [0.15, 0.2) is 0 Å². The van der Waals surface area contributed by atoms with Crippen molar-refractivity contribution in [3.8, 4) is 0 Å². The van der Waals surface area contributed by atoms with Crippen LogP contribution in [0.5, 0.6) is 0 Å². The summed E-state index contributed by atoms with van der Waals surface area (Å²) in [4.78, 5) is 14.0. The maximum Gasteiger partial charge on any atom is 0.239 e. The highest BCUT2D eigenvalue weighted by Gasteiger charge is 2.30. The fraction of sp³-hybridized carbons (Fsp3) is 0.800. The lowest BCUT2D eigenvalue weighted by Crippen LogP contribution is -2.46. The fourth-order valence-corrected chi connectivity index (χ4v) is 3.49. The first-order chi connectivity index (χ1) is 10.2. The molecule has 6 heteroatoms. The third kappa shape index (κ3) is 2.95. The third-order valence-corrected chi connectivity index (χ3v) is 4.63. The van der Waals surface area contributed by atoms with E-state index in [0.29, 0.717) is 5.92 Å². The smallest absolute Gasteiger partial charge is 0.239 e. The molecule has 1 aromatic heterocycles. The van der Waals surface area contributed by atoms with Crippen LogP contribution in [0.1, 0.15) is 56.6 Å². The molecule has 2 unspecified atom stereocenters. The first-order valence-corrected chi connectivity index (χ1v) is 8.13. The maximum absolute atomic E-state index is 12.1. The van der Waals surface area contributed by atoms with Crippen molar-refractivity contribution in [3.05, 3.63) is 11.6 Å². The number of carbonyl (C=O) groups is 1. The summed E-state index contributed by atoms with van der Waals surface area (Å²) in [6.07, 6.45) is 6.81. The van der Waals surface area contributed by atoms with Crippen molar-refractivity contribution in [3.63, 3.8) is 0 Å². The minimum Gasteiger partial charge on any atom is -0.341 e.